The van der Waals surface area contributed by atoms with Crippen LogP contribution in [0, 0.1) is 5.82 Å². The van der Waals surface area contributed by atoms with E-state index in [-0.39, 0.29) is 11.9 Å². The van der Waals surface area contributed by atoms with Gasteiger partial charge in [0.25, 0.3) is 0 Å². The Kier molecular flexibility index (Phi) is 4.77. The smallest absolute Gasteiger partial charge is 0.194 e. The number of halogens is 1. The molecular formula is C20H16FN3S2. The standard InChI is InChI=1S/C20H16FN3S2/c21-15-10-8-14(9-11-15)17-13-18(19-7-4-12-26-19)24(23-17)20(25)22-16-5-2-1-3-6-16/h1-12,18H,13H2,(H,22,25)/t18-/m1/s1. The minimum atomic E-state index is -0.250. The zero-order chi connectivity index (χ0) is 17.9. The topological polar surface area (TPSA) is 27.6 Å². The summed E-state index contributed by atoms with van der Waals surface area (Å²) in [5.41, 5.74) is 2.74. The van der Waals surface area contributed by atoms with E-state index in [9.17, 15) is 4.39 Å². The maximum atomic E-state index is 13.2. The third-order valence-electron chi connectivity index (χ3n) is 4.19. The molecule has 0 bridgehead atoms. The van der Waals surface area contributed by atoms with E-state index in [1.54, 1.807) is 23.5 Å². The fraction of sp³-hybridized carbons (Fsp3) is 0.100. The van der Waals surface area contributed by atoms with E-state index in [2.05, 4.69) is 16.8 Å². The van der Waals surface area contributed by atoms with Gasteiger partial charge < -0.3 is 5.32 Å². The number of thiophene rings is 1. The molecule has 1 aromatic heterocycles. The van der Waals surface area contributed by atoms with Crippen molar-refractivity contribution < 1.29 is 4.39 Å². The first-order valence-electron chi connectivity index (χ1n) is 8.23. The van der Waals surface area contributed by atoms with E-state index < -0.39 is 0 Å². The fourth-order valence-electron chi connectivity index (χ4n) is 2.92. The molecule has 0 aliphatic carbocycles. The number of nitrogens with zero attached hydrogens (tertiary/aromatic N) is 2. The first kappa shape index (κ1) is 16.9. The van der Waals surface area contributed by atoms with Crippen molar-refractivity contribution in [1.82, 2.24) is 5.01 Å². The highest BCUT2D eigenvalue weighted by Crippen LogP contribution is 2.35. The van der Waals surface area contributed by atoms with Gasteiger partial charge in [0.15, 0.2) is 5.11 Å². The Hall–Kier alpha value is -2.57. The molecule has 1 aliphatic rings. The highest BCUT2D eigenvalue weighted by atomic mass is 32.1. The van der Waals surface area contributed by atoms with Crippen LogP contribution in [-0.2, 0) is 0 Å². The van der Waals surface area contributed by atoms with Crippen LogP contribution in [-0.4, -0.2) is 15.8 Å². The number of nitrogens with one attached hydrogen (secondary N) is 1. The molecule has 0 unspecified atom stereocenters. The Labute approximate surface area is 160 Å². The molecule has 0 saturated carbocycles. The van der Waals surface area contributed by atoms with Crippen molar-refractivity contribution in [3.63, 3.8) is 0 Å². The van der Waals surface area contributed by atoms with Gasteiger partial charge in [-0.15, -0.1) is 11.3 Å². The molecule has 0 saturated heterocycles. The van der Waals surface area contributed by atoms with E-state index >= 15 is 0 Å². The Morgan fingerprint density at radius 2 is 1.85 bits per heavy atom. The average Bonchev–Trinajstić information content (AvgIpc) is 3.33. The molecule has 6 heteroatoms. The molecular weight excluding hydrogens is 365 g/mol. The maximum Gasteiger partial charge on any atom is 0.194 e. The van der Waals surface area contributed by atoms with Crippen LogP contribution in [0.3, 0.4) is 0 Å². The van der Waals surface area contributed by atoms with Crippen molar-refractivity contribution in [2.75, 3.05) is 5.32 Å². The van der Waals surface area contributed by atoms with Gasteiger partial charge in [-0.25, -0.2) is 9.40 Å². The van der Waals surface area contributed by atoms with Gasteiger partial charge in [-0.05, 0) is 53.5 Å². The van der Waals surface area contributed by atoms with Crippen LogP contribution in [0.15, 0.2) is 77.2 Å². The van der Waals surface area contributed by atoms with Gasteiger partial charge in [0, 0.05) is 17.0 Å². The lowest BCUT2D eigenvalue weighted by Crippen LogP contribution is -2.30. The summed E-state index contributed by atoms with van der Waals surface area (Å²) in [6.45, 7) is 0. The van der Waals surface area contributed by atoms with Crippen molar-refractivity contribution in [1.29, 1.82) is 0 Å². The second kappa shape index (κ2) is 7.35. The molecule has 1 atom stereocenters. The average molecular weight is 382 g/mol. The third kappa shape index (κ3) is 3.52. The third-order valence-corrected chi connectivity index (χ3v) is 5.46. The Bertz CT molecular complexity index is 921. The van der Waals surface area contributed by atoms with Crippen LogP contribution in [0.2, 0.25) is 0 Å². The van der Waals surface area contributed by atoms with Gasteiger partial charge in [0.05, 0.1) is 11.8 Å². The maximum absolute atomic E-state index is 13.2. The van der Waals surface area contributed by atoms with Crippen molar-refractivity contribution in [2.45, 2.75) is 12.5 Å². The molecule has 2 aromatic carbocycles. The van der Waals surface area contributed by atoms with E-state index in [1.807, 2.05) is 41.4 Å². The molecule has 0 radical (unpaired) electrons. The van der Waals surface area contributed by atoms with Gasteiger partial charge in [-0.2, -0.15) is 5.10 Å². The lowest BCUT2D eigenvalue weighted by molar-refractivity contribution is 0.380. The first-order valence-corrected chi connectivity index (χ1v) is 9.51. The minimum Gasteiger partial charge on any atom is -0.331 e. The summed E-state index contributed by atoms with van der Waals surface area (Å²) < 4.78 is 13.2. The summed E-state index contributed by atoms with van der Waals surface area (Å²) in [5.74, 6) is -0.250. The number of rotatable bonds is 3. The molecule has 1 N–H and O–H groups in total. The van der Waals surface area contributed by atoms with Crippen LogP contribution in [0.5, 0.6) is 0 Å². The predicted molar refractivity (Wildman–Crippen MR) is 109 cm³/mol. The Morgan fingerprint density at radius 3 is 2.54 bits per heavy atom. The number of anilines is 1. The van der Waals surface area contributed by atoms with Gasteiger partial charge in [-0.1, -0.05) is 36.4 Å². The SMILES string of the molecule is Fc1ccc(C2=NN(C(=S)Nc3ccccc3)[C@@H](c3cccs3)C2)cc1. The van der Waals surface area contributed by atoms with Crippen molar-refractivity contribution in [3.05, 3.63) is 88.4 Å². The monoisotopic (exact) mass is 381 g/mol. The van der Waals surface area contributed by atoms with Crippen LogP contribution in [0.4, 0.5) is 10.1 Å². The fourth-order valence-corrected chi connectivity index (χ4v) is 4.02. The van der Waals surface area contributed by atoms with Crippen molar-refractivity contribution in [2.24, 2.45) is 5.10 Å². The number of hydrazone groups is 1. The summed E-state index contributed by atoms with van der Waals surface area (Å²) in [6.07, 6.45) is 0.725. The van der Waals surface area contributed by atoms with Gasteiger partial charge in [0.2, 0.25) is 0 Å². The molecule has 1 aliphatic heterocycles. The van der Waals surface area contributed by atoms with Crippen molar-refractivity contribution in [3.8, 4) is 0 Å². The van der Waals surface area contributed by atoms with Crippen molar-refractivity contribution >= 4 is 40.1 Å². The molecule has 3 aromatic rings. The normalized spacial score (nSPS) is 16.4. The molecule has 130 valence electrons. The number of benzene rings is 2. The lowest BCUT2D eigenvalue weighted by atomic mass is 10.0. The zero-order valence-corrected chi connectivity index (χ0v) is 15.4. The number of hydrogen-bond acceptors (Lipinski definition) is 3. The molecule has 0 spiro atoms. The Balaban J connectivity index is 1.63. The van der Waals surface area contributed by atoms with Crippen LogP contribution in [0.1, 0.15) is 22.9 Å². The van der Waals surface area contributed by atoms with E-state index in [1.165, 1.54) is 17.0 Å². The number of thiocarbonyl (C=S) groups is 1. The van der Waals surface area contributed by atoms with Gasteiger partial charge in [0.1, 0.15) is 5.82 Å². The minimum absolute atomic E-state index is 0.0405. The molecule has 0 amide bonds. The molecule has 3 nitrogen and oxygen atoms in total. The van der Waals surface area contributed by atoms with Crippen LogP contribution >= 0.6 is 23.6 Å². The number of para-hydroxylation sites is 1. The van der Waals surface area contributed by atoms with E-state index in [4.69, 9.17) is 17.3 Å². The summed E-state index contributed by atoms with van der Waals surface area (Å²) >= 11 is 7.31. The van der Waals surface area contributed by atoms with Crippen LogP contribution < -0.4 is 5.32 Å². The highest BCUT2D eigenvalue weighted by molar-refractivity contribution is 7.80. The second-order valence-corrected chi connectivity index (χ2v) is 7.30. The summed E-state index contributed by atoms with van der Waals surface area (Å²) in [4.78, 5) is 1.20. The molecule has 4 rings (SSSR count). The predicted octanol–water partition coefficient (Wildman–Crippen LogP) is 5.44. The quantitative estimate of drug-likeness (QED) is 0.613. The zero-order valence-electron chi connectivity index (χ0n) is 13.8. The highest BCUT2D eigenvalue weighted by Gasteiger charge is 2.32. The lowest BCUT2D eigenvalue weighted by Gasteiger charge is -2.23. The number of hydrogen-bond donors (Lipinski definition) is 1. The van der Waals surface area contributed by atoms with E-state index in [0.717, 1.165) is 23.4 Å². The largest absolute Gasteiger partial charge is 0.331 e. The summed E-state index contributed by atoms with van der Waals surface area (Å²) in [7, 11) is 0. The van der Waals surface area contributed by atoms with E-state index in [0.29, 0.717) is 5.11 Å². The van der Waals surface area contributed by atoms with Gasteiger partial charge >= 0.3 is 0 Å². The molecule has 0 fully saturated rings. The molecule has 26 heavy (non-hydrogen) atoms. The summed E-state index contributed by atoms with van der Waals surface area (Å²) in [6, 6.07) is 20.4. The molecule has 2 heterocycles. The summed E-state index contributed by atoms with van der Waals surface area (Å²) in [5, 5.41) is 12.5. The Morgan fingerprint density at radius 1 is 1.08 bits per heavy atom. The van der Waals surface area contributed by atoms with Gasteiger partial charge in [-0.3, -0.25) is 0 Å². The first-order chi connectivity index (χ1) is 12.7. The second-order valence-electron chi connectivity index (χ2n) is 5.93. The van der Waals surface area contributed by atoms with Crippen LogP contribution in [0.25, 0.3) is 0 Å².